The molecule has 0 bridgehead atoms. The summed E-state index contributed by atoms with van der Waals surface area (Å²) in [5.41, 5.74) is -2.59. The average molecular weight is 418 g/mol. The molecule has 4 aliphatic rings. The van der Waals surface area contributed by atoms with E-state index >= 15 is 0 Å². The van der Waals surface area contributed by atoms with Crippen molar-refractivity contribution in [3.63, 3.8) is 0 Å². The topological polar surface area (TPSA) is 132 Å². The van der Waals surface area contributed by atoms with Gasteiger partial charge in [0.2, 0.25) is 0 Å². The molecule has 0 saturated heterocycles. The van der Waals surface area contributed by atoms with Crippen LogP contribution in [0.1, 0.15) is 52.4 Å². The third-order valence-electron chi connectivity index (χ3n) is 8.71. The first kappa shape index (κ1) is 21.4. The molecule has 4 N–H and O–H groups in total. The fraction of sp³-hybridized carbons (Fsp3) is 0.696. The molecule has 4 rings (SSSR count). The Morgan fingerprint density at radius 3 is 2.57 bits per heavy atom. The van der Waals surface area contributed by atoms with E-state index in [1.165, 1.54) is 0 Å². The number of aliphatic hydroxyl groups excluding tert-OH is 2. The summed E-state index contributed by atoms with van der Waals surface area (Å²) >= 11 is 0. The summed E-state index contributed by atoms with van der Waals surface area (Å²) in [6.45, 7) is 3.78. The summed E-state index contributed by atoms with van der Waals surface area (Å²) in [6.07, 6.45) is 3.95. The first-order valence-corrected chi connectivity index (χ1v) is 10.7. The number of hydrogen-bond donors (Lipinski definition) is 4. The molecule has 4 aliphatic carbocycles. The lowest BCUT2D eigenvalue weighted by atomic mass is 9.46. The van der Waals surface area contributed by atoms with Gasteiger partial charge in [0, 0.05) is 23.2 Å². The van der Waals surface area contributed by atoms with Gasteiger partial charge in [-0.15, -0.1) is 0 Å². The first-order chi connectivity index (χ1) is 13.9. The molecule has 0 heterocycles. The Morgan fingerprint density at radius 2 is 1.90 bits per heavy atom. The molecular formula is C23H30O7. The van der Waals surface area contributed by atoms with Crippen LogP contribution in [-0.4, -0.2) is 55.8 Å². The number of rotatable bonds is 4. The molecular weight excluding hydrogens is 388 g/mol. The normalized spacial score (nSPS) is 47.2. The SMILES string of the molecule is C[C@]12C=CC(=O)C=C1CC[C@@H]1[C@@H]2[C@@H](O)C[C@@]2(C)[C@H]1C[C@@H](O)[C@]2(O)C(=O)CCC(=O)O. The van der Waals surface area contributed by atoms with Crippen LogP contribution in [0, 0.1) is 28.6 Å². The molecule has 0 unspecified atom stereocenters. The largest absolute Gasteiger partial charge is 0.481 e. The van der Waals surface area contributed by atoms with Crippen molar-refractivity contribution in [3.05, 3.63) is 23.8 Å². The smallest absolute Gasteiger partial charge is 0.303 e. The Morgan fingerprint density at radius 1 is 1.20 bits per heavy atom. The van der Waals surface area contributed by atoms with Crippen LogP contribution < -0.4 is 0 Å². The van der Waals surface area contributed by atoms with Crippen LogP contribution in [0.15, 0.2) is 23.8 Å². The highest BCUT2D eigenvalue weighted by Gasteiger charge is 2.71. The lowest BCUT2D eigenvalue weighted by Gasteiger charge is -2.59. The molecule has 0 amide bonds. The van der Waals surface area contributed by atoms with E-state index in [0.717, 1.165) is 5.57 Å². The maximum atomic E-state index is 12.9. The van der Waals surface area contributed by atoms with E-state index in [1.807, 2.05) is 13.0 Å². The van der Waals surface area contributed by atoms with Gasteiger partial charge in [0.1, 0.15) is 0 Å². The van der Waals surface area contributed by atoms with E-state index in [1.54, 1.807) is 19.1 Å². The molecule has 164 valence electrons. The Labute approximate surface area is 175 Å². The third kappa shape index (κ3) is 2.71. The van der Waals surface area contributed by atoms with Gasteiger partial charge in [-0.05, 0) is 49.7 Å². The van der Waals surface area contributed by atoms with Crippen molar-refractivity contribution < 1.29 is 34.8 Å². The summed E-state index contributed by atoms with van der Waals surface area (Å²) in [4.78, 5) is 35.7. The van der Waals surface area contributed by atoms with Crippen LogP contribution in [-0.2, 0) is 14.4 Å². The van der Waals surface area contributed by atoms with E-state index < -0.39 is 46.8 Å². The van der Waals surface area contributed by atoms with Gasteiger partial charge >= 0.3 is 5.97 Å². The van der Waals surface area contributed by atoms with Gasteiger partial charge in [-0.3, -0.25) is 14.4 Å². The van der Waals surface area contributed by atoms with Crippen molar-refractivity contribution in [1.82, 2.24) is 0 Å². The molecule has 8 atom stereocenters. The van der Waals surface area contributed by atoms with Gasteiger partial charge in [-0.25, -0.2) is 0 Å². The predicted molar refractivity (Wildman–Crippen MR) is 106 cm³/mol. The van der Waals surface area contributed by atoms with Crippen LogP contribution in [0.25, 0.3) is 0 Å². The summed E-state index contributed by atoms with van der Waals surface area (Å²) in [7, 11) is 0. The molecule has 30 heavy (non-hydrogen) atoms. The zero-order valence-corrected chi connectivity index (χ0v) is 17.4. The second-order valence-corrected chi connectivity index (χ2v) is 10.0. The standard InChI is InChI=1S/C23H30O7/c1-21-8-7-13(24)9-12(21)3-4-14-15-10-18(27)23(30,17(26)5-6-19(28)29)22(15,2)11-16(25)20(14)21/h7-9,14-16,18,20,25,27,30H,3-6,10-11H2,1-2H3,(H,28,29)/t14-,15-,16-,18+,20+,21-,22-,23+/m0/s1. The van der Waals surface area contributed by atoms with Gasteiger partial charge in [-0.1, -0.05) is 25.5 Å². The van der Waals surface area contributed by atoms with E-state index in [4.69, 9.17) is 5.11 Å². The van der Waals surface area contributed by atoms with E-state index in [9.17, 15) is 29.7 Å². The van der Waals surface area contributed by atoms with Crippen molar-refractivity contribution in [3.8, 4) is 0 Å². The number of Topliss-reactive ketones (excluding diaryl/α,β-unsaturated/α-hetero) is 1. The zero-order valence-electron chi connectivity index (χ0n) is 17.4. The van der Waals surface area contributed by atoms with Crippen molar-refractivity contribution in [2.45, 2.75) is 70.2 Å². The van der Waals surface area contributed by atoms with Crippen molar-refractivity contribution >= 4 is 17.5 Å². The summed E-state index contributed by atoms with van der Waals surface area (Å²) in [5, 5.41) is 42.5. The van der Waals surface area contributed by atoms with Crippen molar-refractivity contribution in [1.29, 1.82) is 0 Å². The fourth-order valence-corrected chi connectivity index (χ4v) is 7.25. The molecule has 7 nitrogen and oxygen atoms in total. The number of aliphatic carboxylic acids is 1. The maximum Gasteiger partial charge on any atom is 0.303 e. The number of carboxylic acids is 1. The summed E-state index contributed by atoms with van der Waals surface area (Å²) in [6, 6.07) is 0. The van der Waals surface area contributed by atoms with Crippen molar-refractivity contribution in [2.24, 2.45) is 28.6 Å². The van der Waals surface area contributed by atoms with Gasteiger partial charge in [0.15, 0.2) is 17.2 Å². The molecule has 7 heteroatoms. The fourth-order valence-electron chi connectivity index (χ4n) is 7.25. The predicted octanol–water partition coefficient (Wildman–Crippen LogP) is 1.40. The van der Waals surface area contributed by atoms with Crippen molar-refractivity contribution in [2.75, 3.05) is 0 Å². The van der Waals surface area contributed by atoms with Gasteiger partial charge in [0.05, 0.1) is 18.6 Å². The summed E-state index contributed by atoms with van der Waals surface area (Å²) < 4.78 is 0. The van der Waals surface area contributed by atoms with Gasteiger partial charge in [-0.2, -0.15) is 0 Å². The minimum absolute atomic E-state index is 0.0327. The molecule has 0 aromatic heterocycles. The quantitative estimate of drug-likeness (QED) is 0.542. The highest BCUT2D eigenvalue weighted by Crippen LogP contribution is 2.67. The Balaban J connectivity index is 1.70. The van der Waals surface area contributed by atoms with Crippen LogP contribution >= 0.6 is 0 Å². The second-order valence-electron chi connectivity index (χ2n) is 10.0. The first-order valence-electron chi connectivity index (χ1n) is 10.7. The van der Waals surface area contributed by atoms with Gasteiger partial charge in [0.25, 0.3) is 0 Å². The summed E-state index contributed by atoms with van der Waals surface area (Å²) in [5.74, 6) is -2.25. The molecule has 0 aromatic carbocycles. The number of hydrogen-bond acceptors (Lipinski definition) is 6. The number of allylic oxidation sites excluding steroid dienone is 4. The minimum Gasteiger partial charge on any atom is -0.481 e. The maximum absolute atomic E-state index is 12.9. The number of carboxylic acid groups (broad SMARTS) is 1. The monoisotopic (exact) mass is 418 g/mol. The zero-order chi connectivity index (χ0) is 22.1. The van der Waals surface area contributed by atoms with Crippen LogP contribution in [0.5, 0.6) is 0 Å². The lowest BCUT2D eigenvalue weighted by molar-refractivity contribution is -0.188. The van der Waals surface area contributed by atoms with Gasteiger partial charge < -0.3 is 20.4 Å². The van der Waals surface area contributed by atoms with Crippen LogP contribution in [0.4, 0.5) is 0 Å². The molecule has 0 aliphatic heterocycles. The van der Waals surface area contributed by atoms with E-state index in [0.29, 0.717) is 12.8 Å². The molecule has 3 fully saturated rings. The molecule has 0 aromatic rings. The number of aliphatic hydroxyl groups is 3. The highest BCUT2D eigenvalue weighted by atomic mass is 16.4. The van der Waals surface area contributed by atoms with Crippen LogP contribution in [0.2, 0.25) is 0 Å². The third-order valence-corrected chi connectivity index (χ3v) is 8.71. The number of carbonyl (C=O) groups is 3. The van der Waals surface area contributed by atoms with E-state index in [2.05, 4.69) is 0 Å². The molecule has 0 spiro atoms. The molecule has 0 radical (unpaired) electrons. The number of ketones is 2. The molecule has 3 saturated carbocycles. The minimum atomic E-state index is -2.07. The Bertz CT molecular complexity index is 860. The number of fused-ring (bicyclic) bond motifs is 5. The Hall–Kier alpha value is -1.83. The number of carbonyl (C=O) groups excluding carboxylic acids is 2. The highest BCUT2D eigenvalue weighted by molar-refractivity contribution is 6.01. The second kappa shape index (κ2) is 6.84. The van der Waals surface area contributed by atoms with Crippen LogP contribution in [0.3, 0.4) is 0 Å². The lowest BCUT2D eigenvalue weighted by Crippen LogP contribution is -2.63. The average Bonchev–Trinajstić information content (AvgIpc) is 2.87. The Kier molecular flexibility index (Phi) is 4.88. The van der Waals surface area contributed by atoms with E-state index in [-0.39, 0.29) is 42.8 Å².